The summed E-state index contributed by atoms with van der Waals surface area (Å²) in [5.41, 5.74) is 0.113. The summed E-state index contributed by atoms with van der Waals surface area (Å²) in [4.78, 5) is 34.9. The maximum Gasteiger partial charge on any atom is 0.276 e. The number of non-ortho nitro benzene ring substituents is 1. The predicted molar refractivity (Wildman–Crippen MR) is 105 cm³/mol. The molecule has 0 bridgehead atoms. The predicted octanol–water partition coefficient (Wildman–Crippen LogP) is 3.84. The normalized spacial score (nSPS) is 11.7. The van der Waals surface area contributed by atoms with Gasteiger partial charge in [0.1, 0.15) is 11.5 Å². The molecule has 0 saturated heterocycles. The van der Waals surface area contributed by atoms with Crippen LogP contribution in [0.4, 0.5) is 17.1 Å². The Morgan fingerprint density at radius 2 is 1.76 bits per heavy atom. The Hall–Kier alpha value is -3.53. The second-order valence-electron chi connectivity index (χ2n) is 5.70. The molecule has 29 heavy (non-hydrogen) atoms. The number of nitrogens with zero attached hydrogens (tertiary/aromatic N) is 4. The molecule has 0 radical (unpaired) electrons. The number of hydrogen-bond acceptors (Lipinski definition) is 8. The average molecular weight is 421 g/mol. The molecule has 0 aliphatic carbocycles. The van der Waals surface area contributed by atoms with E-state index in [1.54, 1.807) is 6.07 Å². The number of methoxy groups -OCH3 is 2. The second-order valence-corrected chi connectivity index (χ2v) is 6.03. The van der Waals surface area contributed by atoms with Crippen molar-refractivity contribution in [2.45, 2.75) is 13.0 Å². The average Bonchev–Trinajstić information content (AvgIpc) is 2.72. The number of rotatable bonds is 8. The van der Waals surface area contributed by atoms with Gasteiger partial charge in [0.05, 0.1) is 30.5 Å². The lowest BCUT2D eigenvalue weighted by Crippen LogP contribution is -2.36. The van der Waals surface area contributed by atoms with Gasteiger partial charge >= 0.3 is 0 Å². The first-order valence-corrected chi connectivity index (χ1v) is 8.49. The highest BCUT2D eigenvalue weighted by Crippen LogP contribution is 2.30. The number of azo groups is 1. The molecule has 11 heteroatoms. The van der Waals surface area contributed by atoms with Gasteiger partial charge in [-0.25, -0.2) is 4.42 Å². The van der Waals surface area contributed by atoms with Gasteiger partial charge in [-0.1, -0.05) is 6.07 Å². The van der Waals surface area contributed by atoms with E-state index in [4.69, 9.17) is 21.3 Å². The molecular formula is C18H17ClN4O6. The molecule has 0 N–H and O–H groups in total. The van der Waals surface area contributed by atoms with Crippen LogP contribution in [0, 0.1) is 10.1 Å². The number of anilines is 1. The zero-order valence-corrected chi connectivity index (χ0v) is 16.5. The molecule has 0 aliphatic rings. The summed E-state index contributed by atoms with van der Waals surface area (Å²) in [7, 11) is 2.87. The number of ether oxygens (including phenoxy) is 2. The van der Waals surface area contributed by atoms with Crippen LogP contribution in [0.3, 0.4) is 0 Å². The molecule has 1 amide bonds. The zero-order chi connectivity index (χ0) is 21.6. The zero-order valence-electron chi connectivity index (χ0n) is 15.7. The van der Waals surface area contributed by atoms with Gasteiger partial charge in [0.2, 0.25) is 6.04 Å². The molecule has 0 saturated carbocycles. The number of halogens is 1. The first-order valence-electron chi connectivity index (χ1n) is 8.15. The lowest BCUT2D eigenvalue weighted by atomic mass is 10.2. The van der Waals surface area contributed by atoms with Crippen molar-refractivity contribution in [3.63, 3.8) is 0 Å². The Balaban J connectivity index is 2.31. The molecule has 152 valence electrons. The van der Waals surface area contributed by atoms with Gasteiger partial charge in [-0.2, -0.15) is 10.2 Å². The minimum atomic E-state index is -1.54. The smallest absolute Gasteiger partial charge is 0.276 e. The highest BCUT2D eigenvalue weighted by molar-refractivity contribution is 6.39. The maximum atomic E-state index is 12.7. The number of amides is 1. The summed E-state index contributed by atoms with van der Waals surface area (Å²) in [5, 5.41) is 18.4. The van der Waals surface area contributed by atoms with Gasteiger partial charge in [-0.05, 0) is 13.0 Å². The van der Waals surface area contributed by atoms with Gasteiger partial charge in [0.15, 0.2) is 5.78 Å². The fraction of sp³-hybridized carbons (Fsp3) is 0.222. The molecule has 0 aliphatic heterocycles. The first kappa shape index (κ1) is 21.8. The van der Waals surface area contributed by atoms with Gasteiger partial charge in [0.25, 0.3) is 11.6 Å². The van der Waals surface area contributed by atoms with Crippen LogP contribution >= 0.6 is 11.8 Å². The van der Waals surface area contributed by atoms with Crippen LogP contribution in [0.2, 0.25) is 0 Å². The van der Waals surface area contributed by atoms with Crippen molar-refractivity contribution in [2.24, 2.45) is 10.2 Å². The lowest BCUT2D eigenvalue weighted by molar-refractivity contribution is -0.384. The fourth-order valence-electron chi connectivity index (χ4n) is 2.24. The highest BCUT2D eigenvalue weighted by atomic mass is 35.5. The highest BCUT2D eigenvalue weighted by Gasteiger charge is 2.29. The summed E-state index contributed by atoms with van der Waals surface area (Å²) < 4.78 is 11.0. The van der Waals surface area contributed by atoms with E-state index >= 15 is 0 Å². The molecule has 2 rings (SSSR count). The van der Waals surface area contributed by atoms with Crippen molar-refractivity contribution < 1.29 is 24.0 Å². The monoisotopic (exact) mass is 420 g/mol. The van der Waals surface area contributed by atoms with Crippen LogP contribution in [0.15, 0.2) is 52.7 Å². The Bertz CT molecular complexity index is 943. The molecular weight excluding hydrogens is 404 g/mol. The van der Waals surface area contributed by atoms with E-state index in [1.807, 2.05) is 0 Å². The van der Waals surface area contributed by atoms with Crippen molar-refractivity contribution in [3.8, 4) is 11.5 Å². The quantitative estimate of drug-likeness (QED) is 0.210. The molecule has 0 aromatic heterocycles. The molecule has 1 atom stereocenters. The minimum absolute atomic E-state index is 0.113. The van der Waals surface area contributed by atoms with Gasteiger partial charge in [-0.3, -0.25) is 19.7 Å². The molecule has 2 aromatic carbocycles. The van der Waals surface area contributed by atoms with E-state index in [0.29, 0.717) is 15.9 Å². The molecule has 0 heterocycles. The third kappa shape index (κ3) is 5.48. The SMILES string of the molecule is COc1cc(OC)cc(N(Cl)C(=O)C(N=Nc2cccc([N+](=O)[O-])c2)C(C)=O)c1. The summed E-state index contributed by atoms with van der Waals surface area (Å²) >= 11 is 6.13. The molecule has 0 fully saturated rings. The van der Waals surface area contributed by atoms with Crippen LogP contribution in [0.25, 0.3) is 0 Å². The largest absolute Gasteiger partial charge is 0.497 e. The van der Waals surface area contributed by atoms with E-state index in [1.165, 1.54) is 44.6 Å². The Morgan fingerprint density at radius 1 is 1.14 bits per heavy atom. The molecule has 1 unspecified atom stereocenters. The third-order valence-electron chi connectivity index (χ3n) is 3.70. The van der Waals surface area contributed by atoms with Crippen molar-refractivity contribution in [2.75, 3.05) is 18.6 Å². The van der Waals surface area contributed by atoms with Gasteiger partial charge in [-0.15, -0.1) is 0 Å². The van der Waals surface area contributed by atoms with E-state index in [2.05, 4.69) is 10.2 Å². The van der Waals surface area contributed by atoms with Crippen molar-refractivity contribution >= 4 is 40.5 Å². The number of carbonyl (C=O) groups excluding carboxylic acids is 2. The molecule has 0 spiro atoms. The summed E-state index contributed by atoms with van der Waals surface area (Å²) in [6.07, 6.45) is 0. The van der Waals surface area contributed by atoms with Crippen LogP contribution in [0.5, 0.6) is 11.5 Å². The fourth-order valence-corrected chi connectivity index (χ4v) is 2.43. The number of nitro benzene ring substituents is 1. The first-order chi connectivity index (χ1) is 13.8. The van der Waals surface area contributed by atoms with E-state index in [0.717, 1.165) is 13.0 Å². The standard InChI is InChI=1S/C18H17ClN4O6/c1-11(24)17(21-20-12-5-4-6-13(7-12)23(26)27)18(25)22(19)14-8-15(28-2)10-16(9-14)29-3/h4-10,17H,1-3H3. The molecule has 10 nitrogen and oxygen atoms in total. The number of benzene rings is 2. The van der Waals surface area contributed by atoms with Gasteiger partial charge in [0, 0.05) is 42.1 Å². The summed E-state index contributed by atoms with van der Waals surface area (Å²) in [5.74, 6) is -0.695. The van der Waals surface area contributed by atoms with Crippen LogP contribution in [0.1, 0.15) is 6.92 Å². The number of carbonyl (C=O) groups is 2. The number of Topliss-reactive ketones (excluding diaryl/α,β-unsaturated/α-hetero) is 1. The molecule has 2 aromatic rings. The van der Waals surface area contributed by atoms with Crippen LogP contribution in [-0.2, 0) is 9.59 Å². The van der Waals surface area contributed by atoms with Crippen molar-refractivity contribution in [1.29, 1.82) is 0 Å². The van der Waals surface area contributed by atoms with E-state index in [-0.39, 0.29) is 17.1 Å². The van der Waals surface area contributed by atoms with Crippen LogP contribution < -0.4 is 13.9 Å². The Kier molecular flexibility index (Phi) is 7.21. The Labute approximate surface area is 171 Å². The van der Waals surface area contributed by atoms with Crippen molar-refractivity contribution in [1.82, 2.24) is 0 Å². The number of hydrogen-bond donors (Lipinski definition) is 0. The Morgan fingerprint density at radius 3 is 2.28 bits per heavy atom. The maximum absolute atomic E-state index is 12.7. The number of nitro groups is 1. The lowest BCUT2D eigenvalue weighted by Gasteiger charge is -2.18. The second kappa shape index (κ2) is 9.60. The van der Waals surface area contributed by atoms with Gasteiger partial charge < -0.3 is 9.47 Å². The van der Waals surface area contributed by atoms with Crippen LogP contribution in [-0.4, -0.2) is 36.9 Å². The summed E-state index contributed by atoms with van der Waals surface area (Å²) in [6.45, 7) is 1.16. The number of ketones is 1. The third-order valence-corrected chi connectivity index (χ3v) is 4.07. The van der Waals surface area contributed by atoms with Crippen molar-refractivity contribution in [3.05, 3.63) is 52.6 Å². The minimum Gasteiger partial charge on any atom is -0.497 e. The topological polar surface area (TPSA) is 124 Å². The summed E-state index contributed by atoms with van der Waals surface area (Å²) in [6, 6.07) is 8.30. The van der Waals surface area contributed by atoms with E-state index in [9.17, 15) is 19.7 Å². The van der Waals surface area contributed by atoms with E-state index < -0.39 is 22.7 Å².